The van der Waals surface area contributed by atoms with Gasteiger partial charge in [0.05, 0.1) is 6.10 Å². The molecule has 2 heterocycles. The highest BCUT2D eigenvalue weighted by molar-refractivity contribution is 5.60. The first kappa shape index (κ1) is 10.9. The van der Waals surface area contributed by atoms with E-state index in [1.54, 1.807) is 6.07 Å². The Morgan fingerprint density at radius 3 is 3.00 bits per heavy atom. The number of phenolic OH excluding ortho intramolecular Hbond substituents is 1. The van der Waals surface area contributed by atoms with Crippen molar-refractivity contribution in [2.45, 2.75) is 38.5 Å². The van der Waals surface area contributed by atoms with Crippen molar-refractivity contribution in [3.8, 4) is 5.75 Å². The predicted molar refractivity (Wildman–Crippen MR) is 65.6 cm³/mol. The number of aliphatic hydroxyl groups excluding tert-OH is 1. The highest BCUT2D eigenvalue weighted by Gasteiger charge is 2.39. The molecule has 1 unspecified atom stereocenters. The number of hydrogen-bond donors (Lipinski definition) is 3. The maximum Gasteiger partial charge on any atom is 0.123 e. The maximum absolute atomic E-state index is 10.4. The first-order valence-corrected chi connectivity index (χ1v) is 6.12. The average molecular weight is 234 g/mol. The lowest BCUT2D eigenvalue weighted by Crippen LogP contribution is -2.39. The van der Waals surface area contributed by atoms with Crippen LogP contribution in [0.3, 0.4) is 0 Å². The Hall–Kier alpha value is -1.26. The molecule has 1 saturated heterocycles. The van der Waals surface area contributed by atoms with E-state index in [4.69, 9.17) is 5.73 Å². The largest absolute Gasteiger partial charge is 0.507 e. The molecule has 1 aromatic carbocycles. The standard InChI is InChI=1S/C13H18N2O2/c1-7-8-6-15-4-2-3-10(15)13(17)12(8)11(16)5-9(7)14/h5,10,13,16-17H,2-4,6,14H2,1H3/t10-,13?/m0/s1. The molecule has 4 heteroatoms. The zero-order chi connectivity index (χ0) is 12.2. The molecule has 1 aromatic rings. The van der Waals surface area contributed by atoms with Gasteiger partial charge in [-0.3, -0.25) is 4.90 Å². The van der Waals surface area contributed by atoms with Crippen LogP contribution in [0.5, 0.6) is 5.75 Å². The maximum atomic E-state index is 10.4. The van der Waals surface area contributed by atoms with E-state index in [9.17, 15) is 10.2 Å². The van der Waals surface area contributed by atoms with Crippen molar-refractivity contribution in [1.82, 2.24) is 4.90 Å². The Labute approximate surface area is 101 Å². The second-order valence-corrected chi connectivity index (χ2v) is 5.13. The average Bonchev–Trinajstić information content (AvgIpc) is 2.74. The summed E-state index contributed by atoms with van der Waals surface area (Å²) in [5.41, 5.74) is 9.16. The molecule has 92 valence electrons. The first-order chi connectivity index (χ1) is 8.09. The Balaban J connectivity index is 2.17. The molecular weight excluding hydrogens is 216 g/mol. The third-order valence-electron chi connectivity index (χ3n) is 4.21. The number of aromatic hydroxyl groups is 1. The molecule has 2 atom stereocenters. The summed E-state index contributed by atoms with van der Waals surface area (Å²) in [6.45, 7) is 3.77. The Morgan fingerprint density at radius 1 is 1.47 bits per heavy atom. The van der Waals surface area contributed by atoms with Gasteiger partial charge < -0.3 is 15.9 Å². The molecule has 0 aromatic heterocycles. The summed E-state index contributed by atoms with van der Waals surface area (Å²) in [5.74, 6) is 0.141. The zero-order valence-electron chi connectivity index (χ0n) is 9.98. The second-order valence-electron chi connectivity index (χ2n) is 5.13. The molecule has 2 aliphatic rings. The Morgan fingerprint density at radius 2 is 2.24 bits per heavy atom. The van der Waals surface area contributed by atoms with Crippen LogP contribution < -0.4 is 5.73 Å². The summed E-state index contributed by atoms with van der Waals surface area (Å²) in [4.78, 5) is 2.29. The van der Waals surface area contributed by atoms with Crippen LogP contribution >= 0.6 is 0 Å². The van der Waals surface area contributed by atoms with Crippen molar-refractivity contribution in [2.24, 2.45) is 0 Å². The lowest BCUT2D eigenvalue weighted by molar-refractivity contribution is 0.0511. The smallest absolute Gasteiger partial charge is 0.123 e. The van der Waals surface area contributed by atoms with Crippen molar-refractivity contribution in [3.63, 3.8) is 0 Å². The quantitative estimate of drug-likeness (QED) is 0.592. The molecule has 0 saturated carbocycles. The van der Waals surface area contributed by atoms with Crippen molar-refractivity contribution in [1.29, 1.82) is 0 Å². The molecule has 1 fully saturated rings. The fourth-order valence-electron chi connectivity index (χ4n) is 3.20. The van der Waals surface area contributed by atoms with Gasteiger partial charge in [0.2, 0.25) is 0 Å². The summed E-state index contributed by atoms with van der Waals surface area (Å²) < 4.78 is 0. The molecule has 4 nitrogen and oxygen atoms in total. The second kappa shape index (κ2) is 3.62. The number of benzene rings is 1. The normalized spacial score (nSPS) is 27.9. The van der Waals surface area contributed by atoms with Gasteiger partial charge in [-0.25, -0.2) is 0 Å². The van der Waals surface area contributed by atoms with Gasteiger partial charge in [-0.15, -0.1) is 0 Å². The number of nitrogens with two attached hydrogens (primary N) is 1. The summed E-state index contributed by atoms with van der Waals surface area (Å²) in [6.07, 6.45) is 1.54. The molecule has 0 spiro atoms. The SMILES string of the molecule is Cc1c(N)cc(O)c2c1CN1CCC[C@H]1C2O. The van der Waals surface area contributed by atoms with E-state index in [2.05, 4.69) is 4.90 Å². The van der Waals surface area contributed by atoms with Gasteiger partial charge in [0.25, 0.3) is 0 Å². The molecule has 0 amide bonds. The third-order valence-corrected chi connectivity index (χ3v) is 4.21. The van der Waals surface area contributed by atoms with E-state index < -0.39 is 6.10 Å². The lowest BCUT2D eigenvalue weighted by Gasteiger charge is -2.37. The monoisotopic (exact) mass is 234 g/mol. The highest BCUT2D eigenvalue weighted by atomic mass is 16.3. The van der Waals surface area contributed by atoms with E-state index in [1.807, 2.05) is 6.92 Å². The van der Waals surface area contributed by atoms with Crippen LogP contribution in [0.15, 0.2) is 6.07 Å². The highest BCUT2D eigenvalue weighted by Crippen LogP contribution is 2.43. The fourth-order valence-corrected chi connectivity index (χ4v) is 3.20. The summed E-state index contributed by atoms with van der Waals surface area (Å²) in [5, 5.41) is 20.4. The number of hydrogen-bond acceptors (Lipinski definition) is 4. The zero-order valence-corrected chi connectivity index (χ0v) is 9.98. The summed E-state index contributed by atoms with van der Waals surface area (Å²) in [6, 6.07) is 1.72. The van der Waals surface area contributed by atoms with Crippen LogP contribution in [-0.4, -0.2) is 27.7 Å². The number of nitrogens with zero attached hydrogens (tertiary/aromatic N) is 1. The van der Waals surface area contributed by atoms with Crippen LogP contribution in [0.2, 0.25) is 0 Å². The lowest BCUT2D eigenvalue weighted by atomic mass is 9.87. The molecule has 0 aliphatic carbocycles. The third kappa shape index (κ3) is 1.44. The molecule has 3 rings (SSSR count). The van der Waals surface area contributed by atoms with Gasteiger partial charge >= 0.3 is 0 Å². The molecule has 17 heavy (non-hydrogen) atoms. The number of fused-ring (bicyclic) bond motifs is 2. The first-order valence-electron chi connectivity index (χ1n) is 6.12. The molecule has 0 bridgehead atoms. The fraction of sp³-hybridized carbons (Fsp3) is 0.538. The number of rotatable bonds is 0. The van der Waals surface area contributed by atoms with Gasteiger partial charge in [-0.05, 0) is 37.4 Å². The molecular formula is C13H18N2O2. The van der Waals surface area contributed by atoms with Crippen molar-refractivity contribution in [3.05, 3.63) is 22.8 Å². The number of nitrogen functional groups attached to an aromatic ring is 1. The van der Waals surface area contributed by atoms with Gasteiger partial charge in [0.1, 0.15) is 5.75 Å². The van der Waals surface area contributed by atoms with Gasteiger partial charge in [-0.1, -0.05) is 0 Å². The minimum Gasteiger partial charge on any atom is -0.507 e. The van der Waals surface area contributed by atoms with Crippen LogP contribution in [0.1, 0.15) is 35.6 Å². The molecule has 4 N–H and O–H groups in total. The van der Waals surface area contributed by atoms with Crippen LogP contribution in [0.4, 0.5) is 5.69 Å². The predicted octanol–water partition coefficient (Wildman–Crippen LogP) is 1.29. The minimum absolute atomic E-state index is 0.141. The molecule has 2 aliphatic heterocycles. The van der Waals surface area contributed by atoms with Crippen molar-refractivity contribution < 1.29 is 10.2 Å². The van der Waals surface area contributed by atoms with E-state index in [-0.39, 0.29) is 11.8 Å². The van der Waals surface area contributed by atoms with Crippen LogP contribution in [0.25, 0.3) is 0 Å². The van der Waals surface area contributed by atoms with E-state index in [0.29, 0.717) is 11.3 Å². The van der Waals surface area contributed by atoms with Crippen LogP contribution in [0, 0.1) is 6.92 Å². The minimum atomic E-state index is -0.583. The number of aliphatic hydroxyl groups is 1. The van der Waals surface area contributed by atoms with Gasteiger partial charge in [-0.2, -0.15) is 0 Å². The van der Waals surface area contributed by atoms with Crippen molar-refractivity contribution in [2.75, 3.05) is 12.3 Å². The Bertz CT molecular complexity index is 473. The molecule has 0 radical (unpaired) electrons. The van der Waals surface area contributed by atoms with E-state index in [1.165, 1.54) is 0 Å². The van der Waals surface area contributed by atoms with Gasteiger partial charge in [0, 0.05) is 29.9 Å². The summed E-state index contributed by atoms with van der Waals surface area (Å²) in [7, 11) is 0. The van der Waals surface area contributed by atoms with Crippen LogP contribution in [-0.2, 0) is 6.54 Å². The topological polar surface area (TPSA) is 69.7 Å². The van der Waals surface area contributed by atoms with Crippen molar-refractivity contribution >= 4 is 5.69 Å². The number of phenols is 1. The van der Waals surface area contributed by atoms with E-state index >= 15 is 0 Å². The summed E-state index contributed by atoms with van der Waals surface area (Å²) >= 11 is 0. The number of anilines is 1. The van der Waals surface area contributed by atoms with Gasteiger partial charge in [0.15, 0.2) is 0 Å². The van der Waals surface area contributed by atoms with E-state index in [0.717, 1.165) is 37.1 Å². The Kier molecular flexibility index (Phi) is 2.31.